The Morgan fingerprint density at radius 3 is 3.09 bits per heavy atom. The van der Waals surface area contributed by atoms with Gasteiger partial charge in [0, 0.05) is 11.0 Å². The standard InChI is InChI=1S/C17H13N3O2S/c18-9-10(8-11-4-3-7-22-11)15-19-16(21)14-12-5-1-2-6-13(12)23-17(14)20-15/h3-4,7-8H,1-2,5-6H2,(H,19,20,21)/b10-8-. The van der Waals surface area contributed by atoms with Crippen molar-refractivity contribution >= 4 is 33.2 Å². The number of hydrogen-bond donors (Lipinski definition) is 1. The molecule has 1 aliphatic rings. The number of rotatable bonds is 2. The second kappa shape index (κ2) is 5.52. The first kappa shape index (κ1) is 14.0. The van der Waals surface area contributed by atoms with Crippen molar-refractivity contribution in [2.24, 2.45) is 0 Å². The van der Waals surface area contributed by atoms with Crippen LogP contribution in [0.5, 0.6) is 0 Å². The van der Waals surface area contributed by atoms with Crippen LogP contribution in [0, 0.1) is 11.3 Å². The van der Waals surface area contributed by atoms with Gasteiger partial charge in [-0.05, 0) is 43.4 Å². The summed E-state index contributed by atoms with van der Waals surface area (Å²) in [6, 6.07) is 5.57. The molecule has 0 amide bonds. The fraction of sp³-hybridized carbons (Fsp3) is 0.235. The molecule has 1 aliphatic carbocycles. The first-order valence-corrected chi connectivity index (χ1v) is 8.28. The number of furan rings is 1. The van der Waals surface area contributed by atoms with E-state index in [0.717, 1.165) is 36.1 Å². The van der Waals surface area contributed by atoms with Gasteiger partial charge in [-0.15, -0.1) is 11.3 Å². The van der Waals surface area contributed by atoms with E-state index in [1.54, 1.807) is 29.5 Å². The van der Waals surface area contributed by atoms with Gasteiger partial charge in [0.25, 0.3) is 5.56 Å². The number of thiophene rings is 1. The first-order chi connectivity index (χ1) is 11.3. The quantitative estimate of drug-likeness (QED) is 0.731. The molecule has 5 nitrogen and oxygen atoms in total. The van der Waals surface area contributed by atoms with Crippen molar-refractivity contribution in [2.45, 2.75) is 25.7 Å². The zero-order valence-electron chi connectivity index (χ0n) is 12.3. The van der Waals surface area contributed by atoms with Crippen molar-refractivity contribution in [3.05, 3.63) is 50.8 Å². The number of allylic oxidation sites excluding steroid dienone is 1. The van der Waals surface area contributed by atoms with Crippen LogP contribution >= 0.6 is 11.3 Å². The topological polar surface area (TPSA) is 82.7 Å². The van der Waals surface area contributed by atoms with Crippen LogP contribution in [0.3, 0.4) is 0 Å². The number of aryl methyl sites for hydroxylation is 2. The molecule has 0 bridgehead atoms. The molecule has 0 aliphatic heterocycles. The second-order valence-electron chi connectivity index (χ2n) is 5.49. The Morgan fingerprint density at radius 2 is 2.30 bits per heavy atom. The molecular formula is C17H13N3O2S. The third-order valence-corrected chi connectivity index (χ3v) is 5.22. The van der Waals surface area contributed by atoms with E-state index in [1.165, 1.54) is 11.1 Å². The summed E-state index contributed by atoms with van der Waals surface area (Å²) in [5.74, 6) is 0.842. The van der Waals surface area contributed by atoms with Crippen molar-refractivity contribution in [3.8, 4) is 6.07 Å². The Labute approximate surface area is 135 Å². The van der Waals surface area contributed by atoms with E-state index >= 15 is 0 Å². The van der Waals surface area contributed by atoms with Gasteiger partial charge in [0.1, 0.15) is 16.7 Å². The van der Waals surface area contributed by atoms with Crippen molar-refractivity contribution in [1.82, 2.24) is 9.97 Å². The minimum Gasteiger partial charge on any atom is -0.465 e. The Morgan fingerprint density at radius 1 is 1.43 bits per heavy atom. The van der Waals surface area contributed by atoms with Crippen molar-refractivity contribution in [3.63, 3.8) is 0 Å². The van der Waals surface area contributed by atoms with E-state index in [0.29, 0.717) is 17.0 Å². The molecule has 0 fully saturated rings. The van der Waals surface area contributed by atoms with Crippen LogP contribution in [0.15, 0.2) is 27.6 Å². The van der Waals surface area contributed by atoms with Crippen molar-refractivity contribution in [2.75, 3.05) is 0 Å². The van der Waals surface area contributed by atoms with Crippen LogP contribution in [0.1, 0.15) is 34.9 Å². The Balaban J connectivity index is 1.89. The number of fused-ring (bicyclic) bond motifs is 3. The van der Waals surface area contributed by atoms with Gasteiger partial charge >= 0.3 is 0 Å². The SMILES string of the molecule is N#C/C(=C/c1ccco1)c1nc2sc3c(c2c(=O)[nH]1)CCCC3. The fourth-order valence-corrected chi connectivity index (χ4v) is 4.22. The summed E-state index contributed by atoms with van der Waals surface area (Å²) < 4.78 is 5.23. The molecule has 0 atom stereocenters. The van der Waals surface area contributed by atoms with Gasteiger partial charge in [-0.1, -0.05) is 0 Å². The monoisotopic (exact) mass is 323 g/mol. The van der Waals surface area contributed by atoms with Crippen LogP contribution in [0.4, 0.5) is 0 Å². The van der Waals surface area contributed by atoms with Gasteiger partial charge in [-0.25, -0.2) is 4.98 Å². The molecule has 0 saturated heterocycles. The maximum absolute atomic E-state index is 12.5. The average molecular weight is 323 g/mol. The van der Waals surface area contributed by atoms with Crippen molar-refractivity contribution in [1.29, 1.82) is 5.26 Å². The number of nitrogens with zero attached hydrogens (tertiary/aromatic N) is 2. The van der Waals surface area contributed by atoms with Crippen LogP contribution in [-0.2, 0) is 12.8 Å². The van der Waals surface area contributed by atoms with E-state index in [4.69, 9.17) is 4.42 Å². The summed E-state index contributed by atoms with van der Waals surface area (Å²) in [6.45, 7) is 0. The third-order valence-electron chi connectivity index (χ3n) is 4.03. The van der Waals surface area contributed by atoms with Crippen LogP contribution < -0.4 is 5.56 Å². The average Bonchev–Trinajstić information content (AvgIpc) is 3.19. The first-order valence-electron chi connectivity index (χ1n) is 7.46. The largest absolute Gasteiger partial charge is 0.465 e. The van der Waals surface area contributed by atoms with Crippen LogP contribution in [0.25, 0.3) is 21.9 Å². The van der Waals surface area contributed by atoms with Crippen LogP contribution in [-0.4, -0.2) is 9.97 Å². The lowest BCUT2D eigenvalue weighted by molar-refractivity contribution is 0.557. The highest BCUT2D eigenvalue weighted by molar-refractivity contribution is 7.18. The minimum absolute atomic E-state index is 0.162. The number of nitriles is 1. The number of aromatic nitrogens is 2. The summed E-state index contributed by atoms with van der Waals surface area (Å²) in [7, 11) is 0. The number of nitrogens with one attached hydrogen (secondary N) is 1. The highest BCUT2D eigenvalue weighted by Crippen LogP contribution is 2.33. The van der Waals surface area contributed by atoms with Gasteiger partial charge in [0.05, 0.1) is 17.2 Å². The smallest absolute Gasteiger partial charge is 0.260 e. The number of aromatic amines is 1. The maximum atomic E-state index is 12.5. The predicted octanol–water partition coefficient (Wildman–Crippen LogP) is 3.52. The minimum atomic E-state index is -0.162. The Hall–Kier alpha value is -2.65. The fourth-order valence-electron chi connectivity index (χ4n) is 2.96. The summed E-state index contributed by atoms with van der Waals surface area (Å²) in [6.07, 6.45) is 7.34. The molecule has 23 heavy (non-hydrogen) atoms. The molecule has 114 valence electrons. The summed E-state index contributed by atoms with van der Waals surface area (Å²) >= 11 is 1.57. The summed E-state index contributed by atoms with van der Waals surface area (Å²) in [5.41, 5.74) is 1.26. The number of hydrogen-bond acceptors (Lipinski definition) is 5. The molecular weight excluding hydrogens is 310 g/mol. The van der Waals surface area contributed by atoms with Crippen LogP contribution in [0.2, 0.25) is 0 Å². The third kappa shape index (κ3) is 2.39. The molecule has 3 heterocycles. The van der Waals surface area contributed by atoms with E-state index in [-0.39, 0.29) is 11.1 Å². The van der Waals surface area contributed by atoms with E-state index in [9.17, 15) is 10.1 Å². The lowest BCUT2D eigenvalue weighted by atomic mass is 9.97. The maximum Gasteiger partial charge on any atom is 0.260 e. The normalized spacial score (nSPS) is 14.7. The van der Waals surface area contributed by atoms with Gasteiger partial charge in [-0.3, -0.25) is 4.79 Å². The lowest BCUT2D eigenvalue weighted by Crippen LogP contribution is -2.12. The zero-order valence-corrected chi connectivity index (χ0v) is 13.1. The summed E-state index contributed by atoms with van der Waals surface area (Å²) in [5, 5.41) is 10.1. The molecule has 1 N–H and O–H groups in total. The lowest BCUT2D eigenvalue weighted by Gasteiger charge is -2.09. The van der Waals surface area contributed by atoms with Gasteiger partial charge in [-0.2, -0.15) is 5.26 Å². The Bertz CT molecular complexity index is 1000. The van der Waals surface area contributed by atoms with Gasteiger partial charge in [0.15, 0.2) is 5.82 Å². The highest BCUT2D eigenvalue weighted by atomic mass is 32.1. The second-order valence-corrected chi connectivity index (χ2v) is 6.57. The van der Waals surface area contributed by atoms with E-state index < -0.39 is 0 Å². The summed E-state index contributed by atoms with van der Waals surface area (Å²) in [4.78, 5) is 21.8. The van der Waals surface area contributed by atoms with E-state index in [1.807, 2.05) is 0 Å². The zero-order chi connectivity index (χ0) is 15.8. The highest BCUT2D eigenvalue weighted by Gasteiger charge is 2.20. The molecule has 3 aromatic rings. The molecule has 0 radical (unpaired) electrons. The van der Waals surface area contributed by atoms with Crippen molar-refractivity contribution < 1.29 is 4.42 Å². The molecule has 0 spiro atoms. The van der Waals surface area contributed by atoms with E-state index in [2.05, 4.69) is 16.0 Å². The molecule has 6 heteroatoms. The van der Waals surface area contributed by atoms with Gasteiger partial charge in [0.2, 0.25) is 0 Å². The molecule has 0 aromatic carbocycles. The molecule has 3 aromatic heterocycles. The molecule has 4 rings (SSSR count). The molecule has 0 unspecified atom stereocenters. The predicted molar refractivity (Wildman–Crippen MR) is 89.1 cm³/mol. The van der Waals surface area contributed by atoms with Gasteiger partial charge < -0.3 is 9.40 Å². The Kier molecular flexibility index (Phi) is 3.36. The molecule has 0 saturated carbocycles. The number of H-pyrrole nitrogens is 1.